The molecule has 0 radical (unpaired) electrons. The van der Waals surface area contributed by atoms with Gasteiger partial charge in [0, 0.05) is 18.2 Å². The lowest BCUT2D eigenvalue weighted by atomic mass is 10.1. The highest BCUT2D eigenvalue weighted by molar-refractivity contribution is 5.94. The van der Waals surface area contributed by atoms with Gasteiger partial charge in [0.05, 0.1) is 7.11 Å². The first-order valence-electron chi connectivity index (χ1n) is 8.37. The van der Waals surface area contributed by atoms with Crippen LogP contribution < -0.4 is 14.8 Å². The first-order valence-corrected chi connectivity index (χ1v) is 8.37. The molecule has 1 saturated heterocycles. The predicted molar refractivity (Wildman–Crippen MR) is 91.8 cm³/mol. The second kappa shape index (κ2) is 8.68. The van der Waals surface area contributed by atoms with Crippen LogP contribution in [0.5, 0.6) is 11.5 Å². The van der Waals surface area contributed by atoms with E-state index >= 15 is 0 Å². The first kappa shape index (κ1) is 18.3. The Morgan fingerprint density at radius 3 is 2.79 bits per heavy atom. The van der Waals surface area contributed by atoms with E-state index in [1.165, 1.54) is 20.5 Å². The van der Waals surface area contributed by atoms with Crippen LogP contribution in [0, 0.1) is 0 Å². The lowest BCUT2D eigenvalue weighted by Crippen LogP contribution is -2.41. The number of Topliss-reactive ketones (excluding diaryl/α,β-unsaturated/α-hetero) is 1. The summed E-state index contributed by atoms with van der Waals surface area (Å²) in [5, 5.41) is 2.93. The summed E-state index contributed by atoms with van der Waals surface area (Å²) in [4.78, 5) is 25.8. The number of carbonyl (C=O) groups is 2. The number of hydrogen-bond acceptors (Lipinski definition) is 5. The molecule has 1 aliphatic heterocycles. The zero-order valence-electron chi connectivity index (χ0n) is 14.6. The van der Waals surface area contributed by atoms with Crippen molar-refractivity contribution in [2.24, 2.45) is 0 Å². The maximum absolute atomic E-state index is 12.0. The number of amides is 1. The summed E-state index contributed by atoms with van der Waals surface area (Å²) in [6.45, 7) is 6.32. The van der Waals surface area contributed by atoms with Crippen molar-refractivity contribution < 1.29 is 19.1 Å². The Labute approximate surface area is 143 Å². The SMILES string of the molecule is CCN1CCCC1CNC(=O)COc1ccc(C(C)=O)cc1OC. The third kappa shape index (κ3) is 4.71. The average molecular weight is 334 g/mol. The van der Waals surface area contributed by atoms with Gasteiger partial charge in [-0.05, 0) is 51.1 Å². The molecule has 24 heavy (non-hydrogen) atoms. The van der Waals surface area contributed by atoms with Gasteiger partial charge in [0.15, 0.2) is 23.9 Å². The zero-order chi connectivity index (χ0) is 17.5. The molecule has 2 rings (SSSR count). The molecule has 0 bridgehead atoms. The minimum atomic E-state index is -0.157. The summed E-state index contributed by atoms with van der Waals surface area (Å²) in [5.74, 6) is 0.697. The first-order chi connectivity index (χ1) is 11.5. The van der Waals surface area contributed by atoms with Crippen molar-refractivity contribution in [3.05, 3.63) is 23.8 Å². The molecule has 1 N–H and O–H groups in total. The van der Waals surface area contributed by atoms with Gasteiger partial charge in [-0.25, -0.2) is 0 Å². The van der Waals surface area contributed by atoms with Crippen LogP contribution in [0.4, 0.5) is 0 Å². The van der Waals surface area contributed by atoms with Gasteiger partial charge in [-0.3, -0.25) is 14.5 Å². The number of benzene rings is 1. The Balaban J connectivity index is 1.84. The number of nitrogens with zero attached hydrogens (tertiary/aromatic N) is 1. The Morgan fingerprint density at radius 2 is 2.12 bits per heavy atom. The molecular formula is C18H26N2O4. The molecule has 0 spiro atoms. The number of methoxy groups -OCH3 is 1. The highest BCUT2D eigenvalue weighted by Gasteiger charge is 2.23. The number of carbonyl (C=O) groups excluding carboxylic acids is 2. The smallest absolute Gasteiger partial charge is 0.257 e. The van der Waals surface area contributed by atoms with Crippen LogP contribution in [-0.4, -0.2) is 56.0 Å². The van der Waals surface area contributed by atoms with Gasteiger partial charge in [0.25, 0.3) is 5.91 Å². The van der Waals surface area contributed by atoms with E-state index in [2.05, 4.69) is 17.1 Å². The molecule has 1 heterocycles. The van der Waals surface area contributed by atoms with Gasteiger partial charge >= 0.3 is 0 Å². The molecule has 1 atom stereocenters. The van der Waals surface area contributed by atoms with E-state index in [1.54, 1.807) is 18.2 Å². The second-order valence-corrected chi connectivity index (χ2v) is 5.94. The number of likely N-dealkylation sites (tertiary alicyclic amines) is 1. The van der Waals surface area contributed by atoms with E-state index in [9.17, 15) is 9.59 Å². The molecule has 1 amide bonds. The van der Waals surface area contributed by atoms with Gasteiger partial charge in [0.1, 0.15) is 0 Å². The minimum Gasteiger partial charge on any atom is -0.493 e. The van der Waals surface area contributed by atoms with Crippen molar-refractivity contribution in [3.63, 3.8) is 0 Å². The maximum atomic E-state index is 12.0. The van der Waals surface area contributed by atoms with E-state index in [1.807, 2.05) is 0 Å². The van der Waals surface area contributed by atoms with Gasteiger partial charge < -0.3 is 14.8 Å². The Hall–Kier alpha value is -2.08. The Morgan fingerprint density at radius 1 is 1.33 bits per heavy atom. The van der Waals surface area contributed by atoms with Crippen molar-refractivity contribution in [2.45, 2.75) is 32.7 Å². The highest BCUT2D eigenvalue weighted by Crippen LogP contribution is 2.28. The Bertz CT molecular complexity index is 588. The van der Waals surface area contributed by atoms with Crippen molar-refractivity contribution >= 4 is 11.7 Å². The average Bonchev–Trinajstić information content (AvgIpc) is 3.05. The predicted octanol–water partition coefficient (Wildman–Crippen LogP) is 1.88. The Kier molecular flexibility index (Phi) is 6.61. The van der Waals surface area contributed by atoms with Crippen molar-refractivity contribution in [1.29, 1.82) is 0 Å². The van der Waals surface area contributed by atoms with Crippen molar-refractivity contribution in [3.8, 4) is 11.5 Å². The molecule has 6 heteroatoms. The quantitative estimate of drug-likeness (QED) is 0.735. The van der Waals surface area contributed by atoms with Crippen molar-refractivity contribution in [2.75, 3.05) is 33.4 Å². The highest BCUT2D eigenvalue weighted by atomic mass is 16.5. The number of nitrogens with one attached hydrogen (secondary N) is 1. The monoisotopic (exact) mass is 334 g/mol. The molecule has 0 aliphatic carbocycles. The molecule has 0 saturated carbocycles. The third-order valence-corrected chi connectivity index (χ3v) is 4.37. The van der Waals surface area contributed by atoms with Crippen LogP contribution in [0.15, 0.2) is 18.2 Å². The van der Waals surface area contributed by atoms with Gasteiger partial charge in [-0.1, -0.05) is 6.92 Å². The van der Waals surface area contributed by atoms with Crippen molar-refractivity contribution in [1.82, 2.24) is 10.2 Å². The van der Waals surface area contributed by atoms with Crippen LogP contribution >= 0.6 is 0 Å². The van der Waals surface area contributed by atoms with Gasteiger partial charge in [0.2, 0.25) is 0 Å². The molecule has 1 unspecified atom stereocenters. The molecule has 1 aromatic rings. The summed E-state index contributed by atoms with van der Waals surface area (Å²) < 4.78 is 10.8. The topological polar surface area (TPSA) is 67.9 Å². The fourth-order valence-electron chi connectivity index (χ4n) is 2.97. The van der Waals surface area contributed by atoms with E-state index in [0.29, 0.717) is 29.6 Å². The number of rotatable bonds is 8. The normalized spacial score (nSPS) is 17.5. The number of likely N-dealkylation sites (N-methyl/N-ethyl adjacent to an activating group) is 1. The summed E-state index contributed by atoms with van der Waals surface area (Å²) in [7, 11) is 1.51. The van der Waals surface area contributed by atoms with E-state index < -0.39 is 0 Å². The lowest BCUT2D eigenvalue weighted by molar-refractivity contribution is -0.123. The summed E-state index contributed by atoms with van der Waals surface area (Å²) in [5.41, 5.74) is 0.546. The van der Waals surface area contributed by atoms with Crippen LogP contribution in [-0.2, 0) is 4.79 Å². The van der Waals surface area contributed by atoms with E-state index in [-0.39, 0.29) is 18.3 Å². The van der Waals surface area contributed by atoms with Gasteiger partial charge in [-0.15, -0.1) is 0 Å². The van der Waals surface area contributed by atoms with Crippen LogP contribution in [0.25, 0.3) is 0 Å². The van der Waals surface area contributed by atoms with Crippen LogP contribution in [0.3, 0.4) is 0 Å². The number of ether oxygens (including phenoxy) is 2. The maximum Gasteiger partial charge on any atom is 0.257 e. The minimum absolute atomic E-state index is 0.0466. The summed E-state index contributed by atoms with van der Waals surface area (Å²) in [6.07, 6.45) is 2.31. The summed E-state index contributed by atoms with van der Waals surface area (Å²) >= 11 is 0. The fraction of sp³-hybridized carbons (Fsp3) is 0.556. The summed E-state index contributed by atoms with van der Waals surface area (Å²) in [6, 6.07) is 5.35. The number of hydrogen-bond donors (Lipinski definition) is 1. The van der Waals surface area contributed by atoms with Crippen LogP contribution in [0.1, 0.15) is 37.0 Å². The third-order valence-electron chi connectivity index (χ3n) is 4.37. The zero-order valence-corrected chi connectivity index (χ0v) is 14.6. The molecule has 6 nitrogen and oxygen atoms in total. The second-order valence-electron chi connectivity index (χ2n) is 5.94. The standard InChI is InChI=1S/C18H26N2O4/c1-4-20-9-5-6-15(20)11-19-18(22)12-24-16-8-7-14(13(2)21)10-17(16)23-3/h7-8,10,15H,4-6,9,11-12H2,1-3H3,(H,19,22). The lowest BCUT2D eigenvalue weighted by Gasteiger charge is -2.22. The molecule has 1 fully saturated rings. The number of ketones is 1. The molecule has 1 aromatic carbocycles. The van der Waals surface area contributed by atoms with E-state index in [0.717, 1.165) is 19.5 Å². The van der Waals surface area contributed by atoms with Gasteiger partial charge in [-0.2, -0.15) is 0 Å². The molecule has 0 aromatic heterocycles. The molecule has 1 aliphatic rings. The largest absolute Gasteiger partial charge is 0.493 e. The van der Waals surface area contributed by atoms with E-state index in [4.69, 9.17) is 9.47 Å². The molecular weight excluding hydrogens is 308 g/mol. The fourth-order valence-corrected chi connectivity index (χ4v) is 2.97. The molecule has 132 valence electrons. The van der Waals surface area contributed by atoms with Crippen LogP contribution in [0.2, 0.25) is 0 Å².